The van der Waals surface area contributed by atoms with Crippen molar-refractivity contribution < 1.29 is 14.5 Å². The van der Waals surface area contributed by atoms with Gasteiger partial charge in [-0.25, -0.2) is 0 Å². The first-order valence-corrected chi connectivity index (χ1v) is 9.45. The highest BCUT2D eigenvalue weighted by molar-refractivity contribution is 6.05. The molecule has 0 unspecified atom stereocenters. The Hall–Kier alpha value is -3.01. The number of non-ortho nitro benzene ring substituents is 1. The van der Waals surface area contributed by atoms with Gasteiger partial charge < -0.3 is 9.80 Å². The second-order valence-corrected chi connectivity index (χ2v) is 7.22. The van der Waals surface area contributed by atoms with Gasteiger partial charge in [-0.2, -0.15) is 5.10 Å². The summed E-state index contributed by atoms with van der Waals surface area (Å²) in [6, 6.07) is 4.31. The van der Waals surface area contributed by atoms with Crippen LogP contribution in [0.2, 0.25) is 0 Å². The number of hydrogen-bond acceptors (Lipinski definition) is 6. The number of carbonyl (C=O) groups excluding carboxylic acids is 2. The topological polar surface area (TPSA) is 116 Å². The molecule has 4 rings (SSSR count). The molecule has 0 spiro atoms. The summed E-state index contributed by atoms with van der Waals surface area (Å²) in [5, 5.41) is 18.3. The lowest BCUT2D eigenvalue weighted by Crippen LogP contribution is -2.51. The molecule has 2 saturated heterocycles. The molecule has 0 atom stereocenters. The number of nitro groups is 1. The highest BCUT2D eigenvalue weighted by Crippen LogP contribution is 2.23. The van der Waals surface area contributed by atoms with Gasteiger partial charge in [0.2, 0.25) is 5.91 Å². The van der Waals surface area contributed by atoms with E-state index in [9.17, 15) is 19.7 Å². The van der Waals surface area contributed by atoms with Crippen LogP contribution < -0.4 is 0 Å². The van der Waals surface area contributed by atoms with Crippen LogP contribution in [0, 0.1) is 10.1 Å². The number of H-pyrrole nitrogens is 1. The number of carbonyl (C=O) groups is 2. The summed E-state index contributed by atoms with van der Waals surface area (Å²) in [6.45, 7) is 4.30. The van der Waals surface area contributed by atoms with Gasteiger partial charge in [0, 0.05) is 56.8 Å². The van der Waals surface area contributed by atoms with Gasteiger partial charge in [0.1, 0.15) is 0 Å². The van der Waals surface area contributed by atoms with E-state index in [1.165, 1.54) is 12.1 Å². The lowest BCUT2D eigenvalue weighted by atomic mass is 10.1. The molecule has 10 heteroatoms. The molecule has 1 aromatic carbocycles. The SMILES string of the molecule is O=C(CN1CCN(C(=O)c2n[nH]c3ccc([N+](=O)[O-])cc23)CC1)N1CCCC1. The Bertz CT molecular complexity index is 912. The van der Waals surface area contributed by atoms with Gasteiger partial charge in [0.25, 0.3) is 11.6 Å². The van der Waals surface area contributed by atoms with E-state index in [2.05, 4.69) is 15.1 Å². The molecule has 2 aliphatic heterocycles. The highest BCUT2D eigenvalue weighted by Gasteiger charge is 2.28. The Balaban J connectivity index is 1.40. The van der Waals surface area contributed by atoms with Gasteiger partial charge in [-0.05, 0) is 18.9 Å². The van der Waals surface area contributed by atoms with Crippen LogP contribution in [0.5, 0.6) is 0 Å². The number of likely N-dealkylation sites (tertiary alicyclic amines) is 1. The van der Waals surface area contributed by atoms with E-state index >= 15 is 0 Å². The average Bonchev–Trinajstić information content (AvgIpc) is 3.37. The third kappa shape index (κ3) is 3.55. The monoisotopic (exact) mass is 386 g/mol. The van der Waals surface area contributed by atoms with Gasteiger partial charge >= 0.3 is 0 Å². The van der Waals surface area contributed by atoms with Crippen LogP contribution in [0.25, 0.3) is 10.9 Å². The molecule has 10 nitrogen and oxygen atoms in total. The summed E-state index contributed by atoms with van der Waals surface area (Å²) in [5.41, 5.74) is 0.706. The predicted octanol–water partition coefficient (Wildman–Crippen LogP) is 0.851. The van der Waals surface area contributed by atoms with Crippen molar-refractivity contribution in [2.24, 2.45) is 0 Å². The molecule has 2 aromatic rings. The summed E-state index contributed by atoms with van der Waals surface area (Å²) >= 11 is 0. The molecule has 2 amide bonds. The standard InChI is InChI=1S/C18H22N6O4/c25-16(22-5-1-2-6-22)12-21-7-9-23(10-8-21)18(26)17-14-11-13(24(27)28)3-4-15(14)19-20-17/h3-4,11H,1-2,5-10,12H2,(H,19,20). The molecule has 28 heavy (non-hydrogen) atoms. The van der Waals surface area contributed by atoms with Crippen LogP contribution in [0.15, 0.2) is 18.2 Å². The second-order valence-electron chi connectivity index (χ2n) is 7.22. The first-order chi connectivity index (χ1) is 13.5. The number of nitrogens with one attached hydrogen (secondary N) is 1. The maximum atomic E-state index is 12.9. The lowest BCUT2D eigenvalue weighted by Gasteiger charge is -2.34. The molecule has 2 aliphatic rings. The quantitative estimate of drug-likeness (QED) is 0.615. The maximum Gasteiger partial charge on any atom is 0.275 e. The zero-order valence-corrected chi connectivity index (χ0v) is 15.5. The van der Waals surface area contributed by atoms with Crippen LogP contribution in [0.3, 0.4) is 0 Å². The Morgan fingerprint density at radius 1 is 1.07 bits per heavy atom. The largest absolute Gasteiger partial charge is 0.342 e. The Kier molecular flexibility index (Phi) is 4.95. The number of nitro benzene ring substituents is 1. The van der Waals surface area contributed by atoms with Crippen molar-refractivity contribution in [3.05, 3.63) is 34.0 Å². The van der Waals surface area contributed by atoms with Crippen molar-refractivity contribution >= 4 is 28.4 Å². The number of aromatic nitrogens is 2. The van der Waals surface area contributed by atoms with Gasteiger partial charge in [-0.15, -0.1) is 0 Å². The van der Waals surface area contributed by atoms with Gasteiger partial charge in [-0.3, -0.25) is 29.7 Å². The predicted molar refractivity (Wildman–Crippen MR) is 101 cm³/mol. The van der Waals surface area contributed by atoms with E-state index in [4.69, 9.17) is 0 Å². The number of aromatic amines is 1. The Morgan fingerprint density at radius 3 is 2.46 bits per heavy atom. The third-order valence-electron chi connectivity index (χ3n) is 5.44. The van der Waals surface area contributed by atoms with Gasteiger partial charge in [0.15, 0.2) is 5.69 Å². The Labute approximate surface area is 161 Å². The van der Waals surface area contributed by atoms with Crippen molar-refractivity contribution in [3.63, 3.8) is 0 Å². The summed E-state index contributed by atoms with van der Waals surface area (Å²) in [6.07, 6.45) is 2.15. The van der Waals surface area contributed by atoms with E-state index in [0.29, 0.717) is 43.6 Å². The van der Waals surface area contributed by atoms with E-state index < -0.39 is 4.92 Å². The molecule has 148 valence electrons. The number of nitrogens with zero attached hydrogens (tertiary/aromatic N) is 5. The highest BCUT2D eigenvalue weighted by atomic mass is 16.6. The molecule has 1 N–H and O–H groups in total. The van der Waals surface area contributed by atoms with Crippen LogP contribution in [0.1, 0.15) is 23.3 Å². The Morgan fingerprint density at radius 2 is 1.79 bits per heavy atom. The van der Waals surface area contributed by atoms with Crippen LogP contribution in [0.4, 0.5) is 5.69 Å². The zero-order chi connectivity index (χ0) is 19.7. The lowest BCUT2D eigenvalue weighted by molar-refractivity contribution is -0.384. The number of benzene rings is 1. The number of piperazine rings is 1. The molecule has 0 bridgehead atoms. The summed E-state index contributed by atoms with van der Waals surface area (Å²) < 4.78 is 0. The first kappa shape index (κ1) is 18.4. The third-order valence-corrected chi connectivity index (χ3v) is 5.44. The smallest absolute Gasteiger partial charge is 0.275 e. The fourth-order valence-corrected chi connectivity index (χ4v) is 3.80. The minimum atomic E-state index is -0.489. The van der Waals surface area contributed by atoms with Crippen LogP contribution >= 0.6 is 0 Å². The first-order valence-electron chi connectivity index (χ1n) is 9.45. The molecule has 2 fully saturated rings. The fraction of sp³-hybridized carbons (Fsp3) is 0.500. The number of fused-ring (bicyclic) bond motifs is 1. The van der Waals surface area contributed by atoms with Crippen LogP contribution in [-0.2, 0) is 4.79 Å². The van der Waals surface area contributed by atoms with Crippen molar-refractivity contribution in [1.82, 2.24) is 24.9 Å². The molecule has 1 aromatic heterocycles. The maximum absolute atomic E-state index is 12.9. The van der Waals surface area contributed by atoms with E-state index in [-0.39, 0.29) is 23.2 Å². The molecular formula is C18H22N6O4. The van der Waals surface area contributed by atoms with Crippen molar-refractivity contribution in [3.8, 4) is 0 Å². The van der Waals surface area contributed by atoms with E-state index in [0.717, 1.165) is 25.9 Å². The van der Waals surface area contributed by atoms with Gasteiger partial charge in [0.05, 0.1) is 17.0 Å². The van der Waals surface area contributed by atoms with Gasteiger partial charge in [-0.1, -0.05) is 0 Å². The number of rotatable bonds is 4. The molecular weight excluding hydrogens is 364 g/mol. The van der Waals surface area contributed by atoms with Crippen molar-refractivity contribution in [1.29, 1.82) is 0 Å². The number of amides is 2. The van der Waals surface area contributed by atoms with E-state index in [1.54, 1.807) is 11.0 Å². The van der Waals surface area contributed by atoms with Crippen LogP contribution in [-0.4, -0.2) is 87.4 Å². The molecule has 3 heterocycles. The fourth-order valence-electron chi connectivity index (χ4n) is 3.80. The zero-order valence-electron chi connectivity index (χ0n) is 15.5. The second kappa shape index (κ2) is 7.55. The molecule has 0 saturated carbocycles. The summed E-state index contributed by atoms with van der Waals surface area (Å²) in [4.78, 5) is 41.3. The van der Waals surface area contributed by atoms with Crippen molar-refractivity contribution in [2.75, 3.05) is 45.8 Å². The minimum absolute atomic E-state index is 0.0757. The normalized spacial score (nSPS) is 18.0. The molecule has 0 aliphatic carbocycles. The summed E-state index contributed by atoms with van der Waals surface area (Å²) in [7, 11) is 0. The molecule has 0 radical (unpaired) electrons. The van der Waals surface area contributed by atoms with Crippen molar-refractivity contribution in [2.45, 2.75) is 12.8 Å². The average molecular weight is 386 g/mol. The number of hydrogen-bond donors (Lipinski definition) is 1. The summed E-state index contributed by atoms with van der Waals surface area (Å²) in [5.74, 6) is -0.0971. The minimum Gasteiger partial charge on any atom is -0.342 e. The van der Waals surface area contributed by atoms with E-state index in [1.807, 2.05) is 4.90 Å².